The molecule has 3 aromatic heterocycles. The Balaban J connectivity index is 1.43. The van der Waals surface area contributed by atoms with E-state index in [0.717, 1.165) is 23.6 Å². The Morgan fingerprint density at radius 3 is 2.77 bits per heavy atom. The molecule has 3 aromatic rings. The molecule has 8 nitrogen and oxygen atoms in total. The van der Waals surface area contributed by atoms with Crippen molar-refractivity contribution in [2.24, 2.45) is 5.92 Å². The van der Waals surface area contributed by atoms with Crippen LogP contribution in [0.25, 0.3) is 5.65 Å². The van der Waals surface area contributed by atoms with Gasteiger partial charge < -0.3 is 5.32 Å². The maximum absolute atomic E-state index is 13.0. The number of thiophene rings is 1. The summed E-state index contributed by atoms with van der Waals surface area (Å²) in [5, 5.41) is 13.4. The molecule has 1 aliphatic heterocycles. The number of aromatic nitrogens is 3. The Hall–Kier alpha value is -1.95. The summed E-state index contributed by atoms with van der Waals surface area (Å²) in [7, 11) is -3.47. The molecule has 0 saturated carbocycles. The molecular weight excluding hydrogens is 454 g/mol. The molecule has 166 valence electrons. The van der Waals surface area contributed by atoms with Gasteiger partial charge in [0.15, 0.2) is 11.5 Å². The molecule has 0 bridgehead atoms. The minimum absolute atomic E-state index is 0.0491. The summed E-state index contributed by atoms with van der Waals surface area (Å²) in [6.07, 6.45) is 5.69. The van der Waals surface area contributed by atoms with Gasteiger partial charge >= 0.3 is 0 Å². The predicted octanol–water partition coefficient (Wildman–Crippen LogP) is 2.80. The smallest absolute Gasteiger partial charge is 0.252 e. The second-order valence-corrected chi connectivity index (χ2v) is 11.5. The highest BCUT2D eigenvalue weighted by molar-refractivity contribution is 7.98. The molecule has 1 atom stereocenters. The Kier molecular flexibility index (Phi) is 6.95. The zero-order valence-corrected chi connectivity index (χ0v) is 19.6. The van der Waals surface area contributed by atoms with Crippen LogP contribution in [0, 0.1) is 5.92 Å². The average molecular weight is 480 g/mol. The number of rotatable bonds is 8. The van der Waals surface area contributed by atoms with E-state index in [9.17, 15) is 13.2 Å². The molecule has 1 unspecified atom stereocenters. The lowest BCUT2D eigenvalue weighted by atomic mass is 9.96. The first kappa shape index (κ1) is 22.3. The number of fused-ring (bicyclic) bond motifs is 1. The molecule has 1 N–H and O–H groups in total. The summed E-state index contributed by atoms with van der Waals surface area (Å²) in [6.45, 7) is 0.698. The number of piperidine rings is 1. The lowest BCUT2D eigenvalue weighted by Gasteiger charge is -2.31. The van der Waals surface area contributed by atoms with Crippen LogP contribution in [0.4, 0.5) is 0 Å². The molecule has 0 aromatic carbocycles. The molecule has 11 heteroatoms. The van der Waals surface area contributed by atoms with E-state index in [0.29, 0.717) is 30.1 Å². The Morgan fingerprint density at radius 1 is 1.26 bits per heavy atom. The number of nitrogens with one attached hydrogen (secondary N) is 1. The topological polar surface area (TPSA) is 96.7 Å². The van der Waals surface area contributed by atoms with Crippen molar-refractivity contribution in [3.05, 3.63) is 47.7 Å². The van der Waals surface area contributed by atoms with Crippen molar-refractivity contribution < 1.29 is 13.2 Å². The van der Waals surface area contributed by atoms with Crippen molar-refractivity contribution in [1.82, 2.24) is 24.2 Å². The Morgan fingerprint density at radius 2 is 2.06 bits per heavy atom. The minimum atomic E-state index is -3.47. The van der Waals surface area contributed by atoms with Crippen LogP contribution in [0.2, 0.25) is 0 Å². The van der Waals surface area contributed by atoms with Crippen LogP contribution in [0.5, 0.6) is 0 Å². The highest BCUT2D eigenvalue weighted by atomic mass is 32.2. The first-order valence-corrected chi connectivity index (χ1v) is 13.8. The predicted molar refractivity (Wildman–Crippen MR) is 123 cm³/mol. The number of sulfonamides is 1. The molecule has 31 heavy (non-hydrogen) atoms. The maximum atomic E-state index is 13.0. The number of pyridine rings is 1. The van der Waals surface area contributed by atoms with Gasteiger partial charge in [0.1, 0.15) is 4.21 Å². The zero-order chi connectivity index (χ0) is 21.8. The van der Waals surface area contributed by atoms with Crippen LogP contribution < -0.4 is 5.32 Å². The van der Waals surface area contributed by atoms with Gasteiger partial charge in [-0.05, 0) is 54.9 Å². The fourth-order valence-electron chi connectivity index (χ4n) is 3.78. The fraction of sp³-hybridized carbons (Fsp3) is 0.450. The SMILES string of the molecule is CSCCC(NC(=O)C1CCN(S(=O)(=O)c2cccs2)CC1)c1nnc2ccccn12. The van der Waals surface area contributed by atoms with Gasteiger partial charge in [-0.15, -0.1) is 21.5 Å². The van der Waals surface area contributed by atoms with E-state index < -0.39 is 10.0 Å². The van der Waals surface area contributed by atoms with Crippen molar-refractivity contribution in [1.29, 1.82) is 0 Å². The molecule has 1 amide bonds. The monoisotopic (exact) mass is 479 g/mol. The van der Waals surface area contributed by atoms with Gasteiger partial charge in [-0.1, -0.05) is 12.1 Å². The normalized spacial score (nSPS) is 17.1. The lowest BCUT2D eigenvalue weighted by molar-refractivity contribution is -0.127. The van der Waals surface area contributed by atoms with E-state index in [1.165, 1.54) is 15.6 Å². The summed E-state index contributed by atoms with van der Waals surface area (Å²) < 4.78 is 29.2. The Bertz CT molecular complexity index is 1120. The largest absolute Gasteiger partial charge is 0.346 e. The molecule has 0 aliphatic carbocycles. The van der Waals surface area contributed by atoms with Gasteiger partial charge in [-0.3, -0.25) is 9.20 Å². The number of nitrogens with zero attached hydrogens (tertiary/aromatic N) is 4. The summed E-state index contributed by atoms with van der Waals surface area (Å²) in [5.41, 5.74) is 0.744. The van der Waals surface area contributed by atoms with E-state index in [4.69, 9.17) is 0 Å². The van der Waals surface area contributed by atoms with Crippen LogP contribution in [-0.4, -0.2) is 58.3 Å². The standard InChI is InChI=1S/C20H25N5O3S3/c1-29-14-9-16(19-23-22-17-5-2-3-10-25(17)19)21-20(26)15-7-11-24(12-8-15)31(27,28)18-6-4-13-30-18/h2-6,10,13,15-16H,7-9,11-12,14H2,1H3,(H,21,26). The number of thioether (sulfide) groups is 1. The Labute approximate surface area is 190 Å². The van der Waals surface area contributed by atoms with E-state index >= 15 is 0 Å². The van der Waals surface area contributed by atoms with Crippen LogP contribution in [-0.2, 0) is 14.8 Å². The highest BCUT2D eigenvalue weighted by Gasteiger charge is 2.33. The quantitative estimate of drug-likeness (QED) is 0.534. The van der Waals surface area contributed by atoms with Crippen LogP contribution in [0.15, 0.2) is 46.1 Å². The van der Waals surface area contributed by atoms with Gasteiger partial charge in [0, 0.05) is 25.2 Å². The van der Waals surface area contributed by atoms with Crippen molar-refractivity contribution in [2.75, 3.05) is 25.1 Å². The first-order valence-electron chi connectivity index (χ1n) is 10.1. The van der Waals surface area contributed by atoms with E-state index in [-0.39, 0.29) is 17.9 Å². The van der Waals surface area contributed by atoms with Crippen LogP contribution >= 0.6 is 23.1 Å². The number of amides is 1. The summed E-state index contributed by atoms with van der Waals surface area (Å²) >= 11 is 2.94. The maximum Gasteiger partial charge on any atom is 0.252 e. The highest BCUT2D eigenvalue weighted by Crippen LogP contribution is 2.27. The third kappa shape index (κ3) is 4.79. The minimum Gasteiger partial charge on any atom is -0.346 e. The van der Waals surface area contributed by atoms with Crippen molar-refractivity contribution in [3.8, 4) is 0 Å². The molecule has 1 aliphatic rings. The third-order valence-corrected chi connectivity index (χ3v) is 9.41. The van der Waals surface area contributed by atoms with Crippen molar-refractivity contribution >= 4 is 44.7 Å². The second kappa shape index (κ2) is 9.68. The van der Waals surface area contributed by atoms with Crippen molar-refractivity contribution in [3.63, 3.8) is 0 Å². The molecule has 0 spiro atoms. The van der Waals surface area contributed by atoms with Crippen LogP contribution in [0.3, 0.4) is 0 Å². The second-order valence-electron chi connectivity index (χ2n) is 7.44. The van der Waals surface area contributed by atoms with Gasteiger partial charge in [0.05, 0.1) is 6.04 Å². The molecule has 0 radical (unpaired) electrons. The number of carbonyl (C=O) groups excluding carboxylic acids is 1. The van der Waals surface area contributed by atoms with Gasteiger partial charge in [0.25, 0.3) is 10.0 Å². The fourth-order valence-corrected chi connectivity index (χ4v) is 6.87. The first-order chi connectivity index (χ1) is 15.0. The average Bonchev–Trinajstić information content (AvgIpc) is 3.47. The van der Waals surface area contributed by atoms with Gasteiger partial charge in [-0.25, -0.2) is 8.42 Å². The van der Waals surface area contributed by atoms with Crippen LogP contribution in [0.1, 0.15) is 31.1 Å². The number of hydrogen-bond donors (Lipinski definition) is 1. The van der Waals surface area contributed by atoms with Gasteiger partial charge in [0.2, 0.25) is 5.91 Å². The van der Waals surface area contributed by atoms with E-state index in [1.54, 1.807) is 29.3 Å². The lowest BCUT2D eigenvalue weighted by Crippen LogP contribution is -2.43. The van der Waals surface area contributed by atoms with Crippen molar-refractivity contribution in [2.45, 2.75) is 29.5 Å². The van der Waals surface area contributed by atoms with E-state index in [2.05, 4.69) is 15.5 Å². The molecule has 1 fully saturated rings. The number of carbonyl (C=O) groups is 1. The molecule has 4 heterocycles. The van der Waals surface area contributed by atoms with Gasteiger partial charge in [-0.2, -0.15) is 16.1 Å². The summed E-state index contributed by atoms with van der Waals surface area (Å²) in [6, 6.07) is 8.82. The third-order valence-electron chi connectivity index (χ3n) is 5.49. The zero-order valence-electron chi connectivity index (χ0n) is 17.2. The molecule has 4 rings (SSSR count). The van der Waals surface area contributed by atoms with E-state index in [1.807, 2.05) is 35.1 Å². The molecular formula is C20H25N5O3S3. The molecule has 1 saturated heterocycles. The summed E-state index contributed by atoms with van der Waals surface area (Å²) in [5.74, 6) is 1.33. The number of hydrogen-bond acceptors (Lipinski definition) is 7. The summed E-state index contributed by atoms with van der Waals surface area (Å²) in [4.78, 5) is 13.0.